The number of amides is 2. The number of carbonyl (C=O) groups excluding carboxylic acids is 3. The second-order valence-corrected chi connectivity index (χ2v) is 3.23. The van der Waals surface area contributed by atoms with Gasteiger partial charge in [-0.3, -0.25) is 19.3 Å². The zero-order valence-electron chi connectivity index (χ0n) is 8.56. The van der Waals surface area contributed by atoms with E-state index >= 15 is 0 Å². The average molecular weight is 211 g/mol. The molecule has 1 rings (SSSR count). The highest BCUT2D eigenvalue weighted by Crippen LogP contribution is 2.02. The molecule has 0 bridgehead atoms. The molecular formula is C10H13NO4. The molecule has 2 amide bonds. The summed E-state index contributed by atoms with van der Waals surface area (Å²) in [6.45, 7) is 2.33. The number of imide groups is 1. The molecule has 0 fully saturated rings. The first-order valence-electron chi connectivity index (χ1n) is 4.72. The molecule has 0 atom stereocenters. The van der Waals surface area contributed by atoms with Crippen LogP contribution < -0.4 is 0 Å². The molecule has 0 aliphatic carbocycles. The topological polar surface area (TPSA) is 63.7 Å². The third kappa shape index (κ3) is 3.63. The van der Waals surface area contributed by atoms with Gasteiger partial charge in [0.05, 0.1) is 19.8 Å². The standard InChI is InChI=1S/C10H13NO4/c1-8(12)4-6-15-7-5-11-9(13)2-3-10(11)14/h2-3H,4-7H2,1H3. The summed E-state index contributed by atoms with van der Waals surface area (Å²) in [5.74, 6) is -0.560. The molecular weight excluding hydrogens is 198 g/mol. The van der Waals surface area contributed by atoms with Crippen molar-refractivity contribution in [3.8, 4) is 0 Å². The van der Waals surface area contributed by atoms with Crippen molar-refractivity contribution in [3.05, 3.63) is 12.2 Å². The van der Waals surface area contributed by atoms with Crippen molar-refractivity contribution < 1.29 is 19.1 Å². The summed E-state index contributed by atoms with van der Waals surface area (Å²) in [4.78, 5) is 33.8. The van der Waals surface area contributed by atoms with E-state index in [1.165, 1.54) is 19.1 Å². The van der Waals surface area contributed by atoms with Gasteiger partial charge in [0.25, 0.3) is 11.8 Å². The van der Waals surface area contributed by atoms with E-state index in [4.69, 9.17) is 4.74 Å². The highest BCUT2D eigenvalue weighted by atomic mass is 16.5. The summed E-state index contributed by atoms with van der Waals surface area (Å²) >= 11 is 0. The van der Waals surface area contributed by atoms with Crippen molar-refractivity contribution in [2.24, 2.45) is 0 Å². The number of rotatable bonds is 6. The van der Waals surface area contributed by atoms with Crippen LogP contribution >= 0.6 is 0 Å². The van der Waals surface area contributed by atoms with Crippen molar-refractivity contribution in [1.29, 1.82) is 0 Å². The van der Waals surface area contributed by atoms with E-state index in [0.29, 0.717) is 13.0 Å². The van der Waals surface area contributed by atoms with Gasteiger partial charge in [-0.15, -0.1) is 0 Å². The Hall–Kier alpha value is -1.49. The molecule has 1 aliphatic rings. The molecule has 0 unspecified atom stereocenters. The maximum absolute atomic E-state index is 11.1. The average Bonchev–Trinajstić information content (AvgIpc) is 2.47. The summed E-state index contributed by atoms with van der Waals surface area (Å²) in [6.07, 6.45) is 2.83. The van der Waals surface area contributed by atoms with Crippen LogP contribution in [-0.4, -0.2) is 42.3 Å². The maximum Gasteiger partial charge on any atom is 0.253 e. The van der Waals surface area contributed by atoms with Crippen LogP contribution in [0.25, 0.3) is 0 Å². The highest BCUT2D eigenvalue weighted by molar-refractivity contribution is 6.12. The van der Waals surface area contributed by atoms with E-state index in [2.05, 4.69) is 0 Å². The summed E-state index contributed by atoms with van der Waals surface area (Å²) in [7, 11) is 0. The number of ketones is 1. The molecule has 0 saturated heterocycles. The van der Waals surface area contributed by atoms with Gasteiger partial charge in [0, 0.05) is 18.6 Å². The fourth-order valence-corrected chi connectivity index (χ4v) is 1.13. The molecule has 0 N–H and O–H groups in total. The van der Waals surface area contributed by atoms with Crippen molar-refractivity contribution in [3.63, 3.8) is 0 Å². The molecule has 1 aliphatic heterocycles. The van der Waals surface area contributed by atoms with E-state index in [0.717, 1.165) is 4.90 Å². The third-order valence-electron chi connectivity index (χ3n) is 1.96. The zero-order chi connectivity index (χ0) is 11.3. The molecule has 0 spiro atoms. The van der Waals surface area contributed by atoms with Gasteiger partial charge in [0.15, 0.2) is 0 Å². The van der Waals surface area contributed by atoms with Crippen LogP contribution in [0.5, 0.6) is 0 Å². The lowest BCUT2D eigenvalue weighted by atomic mass is 10.3. The number of hydrogen-bond acceptors (Lipinski definition) is 4. The minimum Gasteiger partial charge on any atom is -0.379 e. The zero-order valence-corrected chi connectivity index (χ0v) is 8.56. The van der Waals surface area contributed by atoms with Crippen LogP contribution in [0.3, 0.4) is 0 Å². The van der Waals surface area contributed by atoms with Crippen molar-refractivity contribution in [2.45, 2.75) is 13.3 Å². The fraction of sp³-hybridized carbons (Fsp3) is 0.500. The molecule has 0 saturated carbocycles. The summed E-state index contributed by atoms with van der Waals surface area (Å²) in [5.41, 5.74) is 0. The van der Waals surface area contributed by atoms with Crippen LogP contribution in [0.1, 0.15) is 13.3 Å². The van der Waals surface area contributed by atoms with Gasteiger partial charge in [-0.2, -0.15) is 0 Å². The van der Waals surface area contributed by atoms with Crippen molar-refractivity contribution in [1.82, 2.24) is 4.90 Å². The first-order valence-corrected chi connectivity index (χ1v) is 4.72. The second kappa shape index (κ2) is 5.41. The lowest BCUT2D eigenvalue weighted by Crippen LogP contribution is -2.33. The lowest BCUT2D eigenvalue weighted by Gasteiger charge is -2.13. The normalized spacial score (nSPS) is 15.1. The SMILES string of the molecule is CC(=O)CCOCCN1C(=O)C=CC1=O. The first-order chi connectivity index (χ1) is 7.11. The fourth-order valence-electron chi connectivity index (χ4n) is 1.13. The maximum atomic E-state index is 11.1. The van der Waals surface area contributed by atoms with E-state index in [9.17, 15) is 14.4 Å². The predicted molar refractivity (Wildman–Crippen MR) is 52.0 cm³/mol. The van der Waals surface area contributed by atoms with E-state index in [1.807, 2.05) is 0 Å². The van der Waals surface area contributed by atoms with Crippen LogP contribution in [-0.2, 0) is 19.1 Å². The van der Waals surface area contributed by atoms with Crippen LogP contribution in [0, 0.1) is 0 Å². The minimum atomic E-state index is -0.310. The molecule has 5 nitrogen and oxygen atoms in total. The Kier molecular flexibility index (Phi) is 4.17. The molecule has 0 aromatic heterocycles. The van der Waals surface area contributed by atoms with Crippen LogP contribution in [0.4, 0.5) is 0 Å². The summed E-state index contributed by atoms with van der Waals surface area (Å²) in [6, 6.07) is 0. The molecule has 0 aromatic rings. The second-order valence-electron chi connectivity index (χ2n) is 3.23. The van der Waals surface area contributed by atoms with E-state index in [1.54, 1.807) is 0 Å². The number of nitrogens with zero attached hydrogens (tertiary/aromatic N) is 1. The van der Waals surface area contributed by atoms with Gasteiger partial charge in [0.2, 0.25) is 0 Å². The molecule has 82 valence electrons. The van der Waals surface area contributed by atoms with Gasteiger partial charge >= 0.3 is 0 Å². The van der Waals surface area contributed by atoms with E-state index < -0.39 is 0 Å². The third-order valence-corrected chi connectivity index (χ3v) is 1.96. The Morgan fingerprint density at radius 1 is 1.27 bits per heavy atom. The summed E-state index contributed by atoms with van der Waals surface area (Å²) < 4.78 is 5.11. The quantitative estimate of drug-likeness (QED) is 0.455. The summed E-state index contributed by atoms with van der Waals surface area (Å²) in [5, 5.41) is 0. The van der Waals surface area contributed by atoms with Crippen LogP contribution in [0.2, 0.25) is 0 Å². The minimum absolute atomic E-state index is 0.0602. The van der Waals surface area contributed by atoms with Crippen LogP contribution in [0.15, 0.2) is 12.2 Å². The highest BCUT2D eigenvalue weighted by Gasteiger charge is 2.22. The number of carbonyl (C=O) groups is 3. The van der Waals surface area contributed by atoms with Crippen molar-refractivity contribution >= 4 is 17.6 Å². The number of hydrogen-bond donors (Lipinski definition) is 0. The number of ether oxygens (including phenoxy) is 1. The number of Topliss-reactive ketones (excluding diaryl/α,β-unsaturated/α-hetero) is 1. The van der Waals surface area contributed by atoms with Gasteiger partial charge in [-0.05, 0) is 6.92 Å². The smallest absolute Gasteiger partial charge is 0.253 e. The lowest BCUT2D eigenvalue weighted by molar-refractivity contribution is -0.137. The Morgan fingerprint density at radius 3 is 2.40 bits per heavy atom. The van der Waals surface area contributed by atoms with Gasteiger partial charge in [-0.1, -0.05) is 0 Å². The van der Waals surface area contributed by atoms with Gasteiger partial charge in [0.1, 0.15) is 5.78 Å². The Balaban J connectivity index is 2.13. The first kappa shape index (κ1) is 11.6. The predicted octanol–water partition coefficient (Wildman–Crippen LogP) is -0.0929. The molecule has 0 aromatic carbocycles. The monoisotopic (exact) mass is 211 g/mol. The Morgan fingerprint density at radius 2 is 1.87 bits per heavy atom. The van der Waals surface area contributed by atoms with Gasteiger partial charge in [-0.25, -0.2) is 0 Å². The molecule has 5 heteroatoms. The molecule has 0 radical (unpaired) electrons. The molecule has 15 heavy (non-hydrogen) atoms. The van der Waals surface area contributed by atoms with E-state index in [-0.39, 0.29) is 30.7 Å². The van der Waals surface area contributed by atoms with Gasteiger partial charge < -0.3 is 4.74 Å². The Labute approximate surface area is 87.7 Å². The Bertz CT molecular complexity index is 291. The van der Waals surface area contributed by atoms with Crippen molar-refractivity contribution in [2.75, 3.05) is 19.8 Å². The molecule has 1 heterocycles. The largest absolute Gasteiger partial charge is 0.379 e.